The number of hydrogen-bond acceptors (Lipinski definition) is 4. The van der Waals surface area contributed by atoms with Gasteiger partial charge in [0, 0.05) is 19.3 Å². The van der Waals surface area contributed by atoms with E-state index in [-0.39, 0.29) is 11.5 Å². The lowest BCUT2D eigenvalue weighted by Gasteiger charge is -2.22. The van der Waals surface area contributed by atoms with Crippen LogP contribution in [0.3, 0.4) is 0 Å². The molecule has 0 aliphatic carbocycles. The Bertz CT molecular complexity index is 465. The quantitative estimate of drug-likeness (QED) is 0.770. The third-order valence-corrected chi connectivity index (χ3v) is 2.43. The van der Waals surface area contributed by atoms with E-state index in [1.54, 1.807) is 31.0 Å². The van der Waals surface area contributed by atoms with E-state index >= 15 is 0 Å². The SMILES string of the molecule is CC(C#N)CN(C)c1ccc(N)cc1C(=O)O. The van der Waals surface area contributed by atoms with Gasteiger partial charge in [-0.1, -0.05) is 0 Å². The zero-order valence-electron chi connectivity index (χ0n) is 9.84. The van der Waals surface area contributed by atoms with Crippen molar-refractivity contribution in [1.82, 2.24) is 0 Å². The van der Waals surface area contributed by atoms with Crippen LogP contribution in [0.5, 0.6) is 0 Å². The molecular weight excluding hydrogens is 218 g/mol. The summed E-state index contributed by atoms with van der Waals surface area (Å²) in [6.45, 7) is 2.26. The molecule has 3 N–H and O–H groups in total. The van der Waals surface area contributed by atoms with Crippen molar-refractivity contribution in [2.75, 3.05) is 24.2 Å². The van der Waals surface area contributed by atoms with E-state index in [9.17, 15) is 4.79 Å². The summed E-state index contributed by atoms with van der Waals surface area (Å²) in [6.07, 6.45) is 0. The van der Waals surface area contributed by atoms with Crippen LogP contribution in [0.15, 0.2) is 18.2 Å². The highest BCUT2D eigenvalue weighted by Gasteiger charge is 2.15. The number of carboxylic acid groups (broad SMARTS) is 1. The van der Waals surface area contributed by atoms with Crippen molar-refractivity contribution in [3.63, 3.8) is 0 Å². The molecule has 0 spiro atoms. The van der Waals surface area contributed by atoms with E-state index in [0.29, 0.717) is 17.9 Å². The van der Waals surface area contributed by atoms with Crippen molar-refractivity contribution in [1.29, 1.82) is 5.26 Å². The minimum absolute atomic E-state index is 0.151. The normalized spacial score (nSPS) is 11.6. The first-order valence-corrected chi connectivity index (χ1v) is 5.19. The minimum Gasteiger partial charge on any atom is -0.478 e. The van der Waals surface area contributed by atoms with Crippen molar-refractivity contribution in [3.8, 4) is 6.07 Å². The summed E-state index contributed by atoms with van der Waals surface area (Å²) < 4.78 is 0. The van der Waals surface area contributed by atoms with Gasteiger partial charge in [-0.05, 0) is 25.1 Å². The Morgan fingerprint density at radius 3 is 2.82 bits per heavy atom. The Kier molecular flexibility index (Phi) is 3.94. The van der Waals surface area contributed by atoms with E-state index in [4.69, 9.17) is 16.1 Å². The molecule has 90 valence electrons. The molecule has 0 saturated heterocycles. The Morgan fingerprint density at radius 2 is 2.29 bits per heavy atom. The molecule has 0 saturated carbocycles. The van der Waals surface area contributed by atoms with Crippen LogP contribution >= 0.6 is 0 Å². The molecule has 1 aromatic carbocycles. The molecule has 5 heteroatoms. The van der Waals surface area contributed by atoms with Crippen LogP contribution in [-0.2, 0) is 0 Å². The highest BCUT2D eigenvalue weighted by atomic mass is 16.4. The molecule has 0 aliphatic heterocycles. The molecule has 0 fully saturated rings. The predicted molar refractivity (Wildman–Crippen MR) is 65.9 cm³/mol. The predicted octanol–water partition coefficient (Wildman–Crippen LogP) is 1.56. The molecule has 0 heterocycles. The maximum absolute atomic E-state index is 11.1. The Morgan fingerprint density at radius 1 is 1.65 bits per heavy atom. The monoisotopic (exact) mass is 233 g/mol. The lowest BCUT2D eigenvalue weighted by molar-refractivity contribution is 0.0697. The van der Waals surface area contributed by atoms with Gasteiger partial charge in [-0.25, -0.2) is 4.79 Å². The summed E-state index contributed by atoms with van der Waals surface area (Å²) in [7, 11) is 1.76. The molecule has 0 aromatic heterocycles. The van der Waals surface area contributed by atoms with E-state index in [1.165, 1.54) is 6.07 Å². The summed E-state index contributed by atoms with van der Waals surface area (Å²) in [6, 6.07) is 6.84. The zero-order chi connectivity index (χ0) is 13.0. The number of nitrogen functional groups attached to an aromatic ring is 1. The number of hydrogen-bond donors (Lipinski definition) is 2. The van der Waals surface area contributed by atoms with Gasteiger partial charge >= 0.3 is 5.97 Å². The Balaban J connectivity index is 3.05. The van der Waals surface area contributed by atoms with Crippen LogP contribution in [0, 0.1) is 17.2 Å². The molecule has 0 aliphatic rings. The number of rotatable bonds is 4. The van der Waals surface area contributed by atoms with Crippen LogP contribution in [0.1, 0.15) is 17.3 Å². The maximum Gasteiger partial charge on any atom is 0.337 e. The molecule has 5 nitrogen and oxygen atoms in total. The molecule has 17 heavy (non-hydrogen) atoms. The number of carboxylic acids is 1. The second kappa shape index (κ2) is 5.21. The molecular formula is C12H15N3O2. The van der Waals surface area contributed by atoms with Gasteiger partial charge in [0.05, 0.1) is 23.2 Å². The lowest BCUT2D eigenvalue weighted by Crippen LogP contribution is -2.25. The topological polar surface area (TPSA) is 90.4 Å². The van der Waals surface area contributed by atoms with Gasteiger partial charge in [-0.15, -0.1) is 0 Å². The second-order valence-electron chi connectivity index (χ2n) is 3.99. The van der Waals surface area contributed by atoms with Crippen molar-refractivity contribution in [2.45, 2.75) is 6.92 Å². The van der Waals surface area contributed by atoms with Gasteiger partial charge in [0.1, 0.15) is 0 Å². The van der Waals surface area contributed by atoms with Gasteiger partial charge in [-0.2, -0.15) is 5.26 Å². The van der Waals surface area contributed by atoms with E-state index < -0.39 is 5.97 Å². The number of nitriles is 1. The van der Waals surface area contributed by atoms with Gasteiger partial charge < -0.3 is 15.7 Å². The van der Waals surface area contributed by atoms with Crippen molar-refractivity contribution in [3.05, 3.63) is 23.8 Å². The lowest BCUT2D eigenvalue weighted by atomic mass is 10.1. The number of nitrogens with zero attached hydrogens (tertiary/aromatic N) is 2. The summed E-state index contributed by atoms with van der Waals surface area (Å²) >= 11 is 0. The highest BCUT2D eigenvalue weighted by molar-refractivity contribution is 5.95. The first-order chi connectivity index (χ1) is 7.95. The largest absolute Gasteiger partial charge is 0.478 e. The summed E-state index contributed by atoms with van der Waals surface area (Å²) in [5, 5.41) is 17.8. The summed E-state index contributed by atoms with van der Waals surface area (Å²) in [4.78, 5) is 12.8. The van der Waals surface area contributed by atoms with Gasteiger partial charge in [0.25, 0.3) is 0 Å². The number of carbonyl (C=O) groups is 1. The average molecular weight is 233 g/mol. The van der Waals surface area contributed by atoms with Gasteiger partial charge in [0.15, 0.2) is 0 Å². The molecule has 1 atom stereocenters. The number of nitrogens with two attached hydrogens (primary N) is 1. The van der Waals surface area contributed by atoms with E-state index in [1.807, 2.05) is 0 Å². The van der Waals surface area contributed by atoms with Crippen molar-refractivity contribution < 1.29 is 9.90 Å². The average Bonchev–Trinajstić information content (AvgIpc) is 2.28. The third kappa shape index (κ3) is 3.11. The standard InChI is InChI=1S/C12H15N3O2/c1-8(6-13)7-15(2)11-4-3-9(14)5-10(11)12(16)17/h3-5,8H,7,14H2,1-2H3,(H,16,17). The van der Waals surface area contributed by atoms with Crippen LogP contribution in [-0.4, -0.2) is 24.7 Å². The number of anilines is 2. The smallest absolute Gasteiger partial charge is 0.337 e. The fourth-order valence-corrected chi connectivity index (χ4v) is 1.61. The molecule has 0 amide bonds. The zero-order valence-corrected chi connectivity index (χ0v) is 9.84. The van der Waals surface area contributed by atoms with E-state index in [0.717, 1.165) is 0 Å². The van der Waals surface area contributed by atoms with Crippen LogP contribution in [0.25, 0.3) is 0 Å². The van der Waals surface area contributed by atoms with Crippen LogP contribution in [0.2, 0.25) is 0 Å². The molecule has 1 aromatic rings. The van der Waals surface area contributed by atoms with Crippen LogP contribution in [0.4, 0.5) is 11.4 Å². The Labute approximate surface area is 100 Å². The number of aromatic carboxylic acids is 1. The maximum atomic E-state index is 11.1. The summed E-state index contributed by atoms with van der Waals surface area (Å²) in [5.74, 6) is -1.19. The molecule has 0 bridgehead atoms. The summed E-state index contributed by atoms with van der Waals surface area (Å²) in [5.41, 5.74) is 6.68. The Hall–Kier alpha value is -2.22. The molecule has 0 radical (unpaired) electrons. The third-order valence-electron chi connectivity index (χ3n) is 2.43. The second-order valence-corrected chi connectivity index (χ2v) is 3.99. The van der Waals surface area contributed by atoms with Gasteiger partial charge in [0.2, 0.25) is 0 Å². The first kappa shape index (κ1) is 12.8. The fraction of sp³-hybridized carbons (Fsp3) is 0.333. The molecule has 1 unspecified atom stereocenters. The highest BCUT2D eigenvalue weighted by Crippen LogP contribution is 2.23. The van der Waals surface area contributed by atoms with Crippen molar-refractivity contribution in [2.24, 2.45) is 5.92 Å². The van der Waals surface area contributed by atoms with E-state index in [2.05, 4.69) is 6.07 Å². The van der Waals surface area contributed by atoms with Gasteiger partial charge in [-0.3, -0.25) is 0 Å². The van der Waals surface area contributed by atoms with Crippen LogP contribution < -0.4 is 10.6 Å². The first-order valence-electron chi connectivity index (χ1n) is 5.19. The molecule has 1 rings (SSSR count). The fourth-order valence-electron chi connectivity index (χ4n) is 1.61. The minimum atomic E-state index is -1.02. The van der Waals surface area contributed by atoms with Crippen molar-refractivity contribution >= 4 is 17.3 Å². The number of benzene rings is 1.